The lowest BCUT2D eigenvalue weighted by Gasteiger charge is -2.04. The number of esters is 2. The largest absolute Gasteiger partial charge is 0.389 e. The SMILES string of the molecule is Cc1cccc(C(=O)OC(=O)Cc2ccccc2)c1. The topological polar surface area (TPSA) is 43.4 Å². The van der Waals surface area contributed by atoms with Gasteiger partial charge in [-0.3, -0.25) is 4.79 Å². The molecular formula is C16H14O3. The van der Waals surface area contributed by atoms with Gasteiger partial charge >= 0.3 is 11.9 Å². The first-order valence-corrected chi connectivity index (χ1v) is 6.01. The van der Waals surface area contributed by atoms with E-state index in [0.717, 1.165) is 11.1 Å². The highest BCUT2D eigenvalue weighted by atomic mass is 16.6. The highest BCUT2D eigenvalue weighted by Gasteiger charge is 2.13. The Balaban J connectivity index is 1.98. The number of rotatable bonds is 3. The number of hydrogen-bond acceptors (Lipinski definition) is 3. The maximum absolute atomic E-state index is 11.8. The lowest BCUT2D eigenvalue weighted by atomic mass is 10.1. The van der Waals surface area contributed by atoms with Crippen LogP contribution in [-0.4, -0.2) is 11.9 Å². The molecule has 0 aliphatic rings. The van der Waals surface area contributed by atoms with Gasteiger partial charge in [-0.2, -0.15) is 0 Å². The van der Waals surface area contributed by atoms with Crippen LogP contribution in [0.1, 0.15) is 21.5 Å². The van der Waals surface area contributed by atoms with Crippen molar-refractivity contribution >= 4 is 11.9 Å². The third-order valence-corrected chi connectivity index (χ3v) is 2.65. The summed E-state index contributed by atoms with van der Waals surface area (Å²) in [6, 6.07) is 16.1. The minimum atomic E-state index is -0.607. The lowest BCUT2D eigenvalue weighted by molar-refractivity contribution is -0.137. The van der Waals surface area contributed by atoms with Crippen molar-refractivity contribution in [2.24, 2.45) is 0 Å². The number of aryl methyl sites for hydroxylation is 1. The van der Waals surface area contributed by atoms with Gasteiger partial charge < -0.3 is 4.74 Å². The first-order valence-electron chi connectivity index (χ1n) is 6.01. The molecule has 0 bridgehead atoms. The Bertz CT molecular complexity index is 588. The van der Waals surface area contributed by atoms with Gasteiger partial charge in [-0.1, -0.05) is 48.0 Å². The Morgan fingerprint density at radius 3 is 2.42 bits per heavy atom. The van der Waals surface area contributed by atoms with E-state index < -0.39 is 11.9 Å². The smallest absolute Gasteiger partial charge is 0.345 e. The normalized spacial score (nSPS) is 9.95. The number of carbonyl (C=O) groups is 2. The molecule has 0 atom stereocenters. The first-order chi connectivity index (χ1) is 9.15. The van der Waals surface area contributed by atoms with Crippen molar-refractivity contribution in [3.05, 3.63) is 71.3 Å². The van der Waals surface area contributed by atoms with E-state index in [2.05, 4.69) is 0 Å². The highest BCUT2D eigenvalue weighted by Crippen LogP contribution is 2.07. The van der Waals surface area contributed by atoms with Crippen molar-refractivity contribution < 1.29 is 14.3 Å². The summed E-state index contributed by atoms with van der Waals surface area (Å²) in [6.07, 6.45) is 0.0956. The van der Waals surface area contributed by atoms with Gasteiger partial charge in [-0.25, -0.2) is 4.79 Å². The Morgan fingerprint density at radius 1 is 1.00 bits per heavy atom. The van der Waals surface area contributed by atoms with Gasteiger partial charge in [-0.05, 0) is 24.6 Å². The molecular weight excluding hydrogens is 240 g/mol. The average Bonchev–Trinajstić information content (AvgIpc) is 2.39. The van der Waals surface area contributed by atoms with Crippen LogP contribution < -0.4 is 0 Å². The van der Waals surface area contributed by atoms with Gasteiger partial charge in [0.25, 0.3) is 0 Å². The molecule has 2 aromatic carbocycles. The molecule has 0 unspecified atom stereocenters. The van der Waals surface area contributed by atoms with E-state index in [4.69, 9.17) is 4.74 Å². The zero-order valence-electron chi connectivity index (χ0n) is 10.6. The first kappa shape index (κ1) is 13.0. The Hall–Kier alpha value is -2.42. The van der Waals surface area contributed by atoms with Crippen molar-refractivity contribution in [3.63, 3.8) is 0 Å². The Labute approximate surface area is 111 Å². The summed E-state index contributed by atoms with van der Waals surface area (Å²) in [4.78, 5) is 23.4. The van der Waals surface area contributed by atoms with E-state index >= 15 is 0 Å². The summed E-state index contributed by atoms with van der Waals surface area (Å²) < 4.78 is 4.82. The Kier molecular flexibility index (Phi) is 4.08. The fourth-order valence-corrected chi connectivity index (χ4v) is 1.73. The minimum Gasteiger partial charge on any atom is -0.389 e. The molecule has 0 amide bonds. The van der Waals surface area contributed by atoms with Crippen molar-refractivity contribution in [3.8, 4) is 0 Å². The monoisotopic (exact) mass is 254 g/mol. The summed E-state index contributed by atoms with van der Waals surface area (Å²) in [5, 5.41) is 0. The second-order valence-corrected chi connectivity index (χ2v) is 4.29. The molecule has 0 saturated carbocycles. The number of ether oxygens (including phenoxy) is 1. The third-order valence-electron chi connectivity index (χ3n) is 2.65. The van der Waals surface area contributed by atoms with Crippen molar-refractivity contribution in [1.29, 1.82) is 0 Å². The van der Waals surface area contributed by atoms with Gasteiger partial charge in [0.1, 0.15) is 0 Å². The van der Waals surface area contributed by atoms with Crippen LogP contribution in [0.15, 0.2) is 54.6 Å². The van der Waals surface area contributed by atoms with Gasteiger partial charge in [-0.15, -0.1) is 0 Å². The van der Waals surface area contributed by atoms with Crippen LogP contribution in [0.4, 0.5) is 0 Å². The van der Waals surface area contributed by atoms with Crippen LogP contribution in [0.25, 0.3) is 0 Å². The average molecular weight is 254 g/mol. The lowest BCUT2D eigenvalue weighted by Crippen LogP contribution is -2.14. The van der Waals surface area contributed by atoms with Gasteiger partial charge in [0, 0.05) is 0 Å². The second kappa shape index (κ2) is 5.96. The summed E-state index contributed by atoms with van der Waals surface area (Å²) >= 11 is 0. The van der Waals surface area contributed by atoms with Crippen LogP contribution in [0.3, 0.4) is 0 Å². The number of carbonyl (C=O) groups excluding carboxylic acids is 2. The van der Waals surface area contributed by atoms with Gasteiger partial charge in [0.05, 0.1) is 12.0 Å². The van der Waals surface area contributed by atoms with Crippen molar-refractivity contribution in [2.45, 2.75) is 13.3 Å². The zero-order valence-corrected chi connectivity index (χ0v) is 10.6. The molecule has 0 radical (unpaired) electrons. The molecule has 3 heteroatoms. The zero-order chi connectivity index (χ0) is 13.7. The van der Waals surface area contributed by atoms with Gasteiger partial charge in [0.2, 0.25) is 0 Å². The van der Waals surface area contributed by atoms with Crippen LogP contribution >= 0.6 is 0 Å². The summed E-state index contributed by atoms with van der Waals surface area (Å²) in [5.74, 6) is -1.15. The van der Waals surface area contributed by atoms with Crippen LogP contribution in [0, 0.1) is 6.92 Å². The molecule has 0 N–H and O–H groups in total. The highest BCUT2D eigenvalue weighted by molar-refractivity contribution is 5.97. The number of benzene rings is 2. The molecule has 0 aromatic heterocycles. The van der Waals surface area contributed by atoms with E-state index in [9.17, 15) is 9.59 Å². The van der Waals surface area contributed by atoms with Crippen LogP contribution in [-0.2, 0) is 16.0 Å². The van der Waals surface area contributed by atoms with E-state index in [1.165, 1.54) is 0 Å². The van der Waals surface area contributed by atoms with E-state index in [1.54, 1.807) is 18.2 Å². The molecule has 2 aromatic rings. The molecule has 0 spiro atoms. The predicted molar refractivity (Wildman–Crippen MR) is 71.7 cm³/mol. The fraction of sp³-hybridized carbons (Fsp3) is 0.125. The molecule has 0 fully saturated rings. The maximum atomic E-state index is 11.8. The summed E-state index contributed by atoms with van der Waals surface area (Å²) in [5.41, 5.74) is 2.16. The molecule has 2 rings (SSSR count). The molecule has 0 aliphatic heterocycles. The van der Waals surface area contributed by atoms with Crippen LogP contribution in [0.2, 0.25) is 0 Å². The van der Waals surface area contributed by atoms with E-state index in [0.29, 0.717) is 5.56 Å². The maximum Gasteiger partial charge on any atom is 0.345 e. The Morgan fingerprint density at radius 2 is 1.74 bits per heavy atom. The number of hydrogen-bond donors (Lipinski definition) is 0. The van der Waals surface area contributed by atoms with Gasteiger partial charge in [0.15, 0.2) is 0 Å². The molecule has 0 aliphatic carbocycles. The van der Waals surface area contributed by atoms with Crippen molar-refractivity contribution in [1.82, 2.24) is 0 Å². The fourth-order valence-electron chi connectivity index (χ4n) is 1.73. The second-order valence-electron chi connectivity index (χ2n) is 4.29. The summed E-state index contributed by atoms with van der Waals surface area (Å²) in [6.45, 7) is 1.88. The van der Waals surface area contributed by atoms with E-state index in [-0.39, 0.29) is 6.42 Å². The molecule has 3 nitrogen and oxygen atoms in total. The minimum absolute atomic E-state index is 0.0956. The van der Waals surface area contributed by atoms with E-state index in [1.807, 2.05) is 43.3 Å². The molecule has 0 heterocycles. The van der Waals surface area contributed by atoms with Crippen molar-refractivity contribution in [2.75, 3.05) is 0 Å². The molecule has 0 saturated heterocycles. The predicted octanol–water partition coefficient (Wildman–Crippen LogP) is 2.92. The standard InChI is InChI=1S/C16H14O3/c1-12-6-5-9-14(10-12)16(18)19-15(17)11-13-7-3-2-4-8-13/h2-10H,11H2,1H3. The third kappa shape index (κ3) is 3.78. The summed E-state index contributed by atoms with van der Waals surface area (Å²) in [7, 11) is 0. The quantitative estimate of drug-likeness (QED) is 0.624. The van der Waals surface area contributed by atoms with Crippen LogP contribution in [0.5, 0.6) is 0 Å². The molecule has 96 valence electrons. The molecule has 19 heavy (non-hydrogen) atoms.